The summed E-state index contributed by atoms with van der Waals surface area (Å²) >= 11 is 12.1. The van der Waals surface area contributed by atoms with Gasteiger partial charge in [-0.1, -0.05) is 66.5 Å². The van der Waals surface area contributed by atoms with Gasteiger partial charge in [-0.15, -0.1) is 0 Å². The highest BCUT2D eigenvalue weighted by atomic mass is 35.5. The zero-order valence-corrected chi connectivity index (χ0v) is 19.5. The molecule has 0 bridgehead atoms. The van der Waals surface area contributed by atoms with Crippen LogP contribution in [0.5, 0.6) is 0 Å². The van der Waals surface area contributed by atoms with Gasteiger partial charge in [-0.25, -0.2) is 0 Å². The van der Waals surface area contributed by atoms with Gasteiger partial charge in [0.15, 0.2) is 0 Å². The van der Waals surface area contributed by atoms with E-state index in [2.05, 4.69) is 23.9 Å². The van der Waals surface area contributed by atoms with E-state index in [0.29, 0.717) is 55.2 Å². The average Bonchev–Trinajstić information content (AvgIpc) is 3.16. The number of aliphatic hydroxyl groups is 1. The molecular weight excluding hydrogens is 435 g/mol. The Balaban J connectivity index is 1.60. The molecule has 0 spiro atoms. The van der Waals surface area contributed by atoms with Crippen LogP contribution in [-0.2, 0) is 16.1 Å². The molecule has 7 heteroatoms. The summed E-state index contributed by atoms with van der Waals surface area (Å²) in [6, 6.07) is 15.4. The van der Waals surface area contributed by atoms with Gasteiger partial charge >= 0.3 is 0 Å². The smallest absolute Gasteiger partial charge is 0.145 e. The van der Waals surface area contributed by atoms with E-state index in [0.717, 1.165) is 16.8 Å². The summed E-state index contributed by atoms with van der Waals surface area (Å²) in [6.07, 6.45) is 0.0257. The van der Waals surface area contributed by atoms with Crippen LogP contribution in [0.1, 0.15) is 31.4 Å². The summed E-state index contributed by atoms with van der Waals surface area (Å²) in [6.45, 7) is 6.88. The van der Waals surface area contributed by atoms with Crippen LogP contribution in [0.25, 0.3) is 0 Å². The second-order valence-corrected chi connectivity index (χ2v) is 9.26. The van der Waals surface area contributed by atoms with Crippen molar-refractivity contribution in [2.24, 2.45) is 11.1 Å². The molecule has 0 unspecified atom stereocenters. The molecule has 1 N–H and O–H groups in total. The molecule has 168 valence electrons. The number of benzene rings is 2. The molecule has 0 saturated heterocycles. The van der Waals surface area contributed by atoms with Gasteiger partial charge in [0.1, 0.15) is 6.10 Å². The Kier molecular flexibility index (Phi) is 9.17. The van der Waals surface area contributed by atoms with Crippen molar-refractivity contribution in [1.82, 2.24) is 4.90 Å². The van der Waals surface area contributed by atoms with Crippen LogP contribution in [0.15, 0.2) is 53.7 Å². The van der Waals surface area contributed by atoms with Gasteiger partial charge in [0.05, 0.1) is 18.4 Å². The Hall–Kier alpha value is -1.63. The third-order valence-electron chi connectivity index (χ3n) is 4.90. The molecule has 0 saturated carbocycles. The zero-order chi connectivity index (χ0) is 22.2. The lowest BCUT2D eigenvalue weighted by Gasteiger charge is -2.27. The van der Waals surface area contributed by atoms with E-state index in [4.69, 9.17) is 32.8 Å². The van der Waals surface area contributed by atoms with Crippen LogP contribution in [0.2, 0.25) is 10.0 Å². The molecule has 0 aliphatic carbocycles. The fraction of sp³-hybridized carbons (Fsp3) is 0.458. The van der Waals surface area contributed by atoms with Crippen molar-refractivity contribution < 1.29 is 14.7 Å². The van der Waals surface area contributed by atoms with E-state index >= 15 is 0 Å². The van der Waals surface area contributed by atoms with E-state index in [1.54, 1.807) is 0 Å². The quantitative estimate of drug-likeness (QED) is 0.506. The van der Waals surface area contributed by atoms with E-state index in [-0.39, 0.29) is 6.10 Å². The highest BCUT2D eigenvalue weighted by Gasteiger charge is 2.26. The molecule has 0 fully saturated rings. The molecule has 1 aliphatic heterocycles. The summed E-state index contributed by atoms with van der Waals surface area (Å²) in [5.41, 5.74) is 3.00. The van der Waals surface area contributed by atoms with E-state index in [1.165, 1.54) is 0 Å². The number of hydrogen-bond acceptors (Lipinski definition) is 5. The maximum absolute atomic E-state index is 10.5. The molecule has 0 amide bonds. The lowest BCUT2D eigenvalue weighted by Crippen LogP contribution is -2.39. The Morgan fingerprint density at radius 3 is 2.61 bits per heavy atom. The van der Waals surface area contributed by atoms with Gasteiger partial charge in [0.2, 0.25) is 0 Å². The first kappa shape index (κ1) is 24.0. The van der Waals surface area contributed by atoms with Crippen molar-refractivity contribution >= 4 is 28.9 Å². The van der Waals surface area contributed by atoms with Crippen LogP contribution in [0.3, 0.4) is 0 Å². The van der Waals surface area contributed by atoms with Crippen molar-refractivity contribution in [3.05, 3.63) is 69.7 Å². The molecule has 3 rings (SSSR count). The summed E-state index contributed by atoms with van der Waals surface area (Å²) in [5.74, 6) is 0.435. The average molecular weight is 465 g/mol. The van der Waals surface area contributed by atoms with Gasteiger partial charge in [-0.05, 0) is 41.3 Å². The topological polar surface area (TPSA) is 54.3 Å². The minimum atomic E-state index is -0.587. The number of halogens is 2. The Morgan fingerprint density at radius 2 is 1.90 bits per heavy atom. The predicted molar refractivity (Wildman–Crippen MR) is 126 cm³/mol. The first-order chi connectivity index (χ1) is 14.9. The second kappa shape index (κ2) is 11.8. The number of ether oxygens (including phenoxy) is 1. The lowest BCUT2D eigenvalue weighted by molar-refractivity contribution is -0.00734. The maximum atomic E-state index is 10.5. The molecule has 1 aliphatic rings. The van der Waals surface area contributed by atoms with Gasteiger partial charge in [0.25, 0.3) is 0 Å². The Bertz CT molecular complexity index is 858. The standard InChI is InChI=1S/C24H30Cl2N2O3/c1-17(2)15-30-16-22(29)13-28(12-18-4-3-5-21(26)10-18)14-23-11-24(27-31-23)19-6-8-20(25)9-7-19/h3-10,17,22-23,29H,11-16H2,1-2H3/t22-,23-/m0/s1. The number of hydrogen-bond donors (Lipinski definition) is 1. The third-order valence-corrected chi connectivity index (χ3v) is 5.38. The highest BCUT2D eigenvalue weighted by Crippen LogP contribution is 2.21. The first-order valence-corrected chi connectivity index (χ1v) is 11.4. The Morgan fingerprint density at radius 1 is 1.13 bits per heavy atom. The molecule has 0 radical (unpaired) electrons. The third kappa shape index (κ3) is 8.09. The molecular formula is C24H30Cl2N2O3. The fourth-order valence-electron chi connectivity index (χ4n) is 3.51. The van der Waals surface area contributed by atoms with Crippen molar-refractivity contribution in [3.63, 3.8) is 0 Å². The normalized spacial score (nSPS) is 17.1. The van der Waals surface area contributed by atoms with Crippen molar-refractivity contribution in [2.45, 2.75) is 39.0 Å². The van der Waals surface area contributed by atoms with Gasteiger partial charge in [0, 0.05) is 42.7 Å². The first-order valence-electron chi connectivity index (χ1n) is 10.6. The van der Waals surface area contributed by atoms with E-state index in [1.807, 2.05) is 48.5 Å². The van der Waals surface area contributed by atoms with Crippen LogP contribution in [-0.4, -0.2) is 54.2 Å². The molecule has 5 nitrogen and oxygen atoms in total. The molecule has 31 heavy (non-hydrogen) atoms. The minimum Gasteiger partial charge on any atom is -0.390 e. The van der Waals surface area contributed by atoms with Gasteiger partial charge < -0.3 is 14.7 Å². The summed E-state index contributed by atoms with van der Waals surface area (Å²) in [7, 11) is 0. The van der Waals surface area contributed by atoms with Crippen LogP contribution in [0, 0.1) is 5.92 Å². The maximum Gasteiger partial charge on any atom is 0.145 e. The molecule has 0 aromatic heterocycles. The number of nitrogens with zero attached hydrogens (tertiary/aromatic N) is 2. The number of oxime groups is 1. The van der Waals surface area contributed by atoms with Gasteiger partial charge in [-0.3, -0.25) is 4.90 Å². The van der Waals surface area contributed by atoms with Crippen molar-refractivity contribution in [3.8, 4) is 0 Å². The largest absolute Gasteiger partial charge is 0.390 e. The molecule has 1 heterocycles. The summed E-state index contributed by atoms with van der Waals surface area (Å²) in [5, 5.41) is 16.2. The molecule has 2 aromatic rings. The second-order valence-electron chi connectivity index (χ2n) is 8.39. The van der Waals surface area contributed by atoms with Crippen LogP contribution in [0.4, 0.5) is 0 Å². The minimum absolute atomic E-state index is 0.0892. The fourth-order valence-corrected chi connectivity index (χ4v) is 3.85. The predicted octanol–water partition coefficient (Wildman–Crippen LogP) is 5.02. The monoisotopic (exact) mass is 464 g/mol. The number of aliphatic hydroxyl groups excluding tert-OH is 1. The van der Waals surface area contributed by atoms with E-state index < -0.39 is 6.10 Å². The van der Waals surface area contributed by atoms with Crippen molar-refractivity contribution in [2.75, 3.05) is 26.3 Å². The number of rotatable bonds is 11. The van der Waals surface area contributed by atoms with Crippen LogP contribution < -0.4 is 0 Å². The van der Waals surface area contributed by atoms with E-state index in [9.17, 15) is 5.11 Å². The molecule has 2 atom stereocenters. The Labute approximate surface area is 194 Å². The van der Waals surface area contributed by atoms with Crippen LogP contribution >= 0.6 is 23.2 Å². The molecule has 2 aromatic carbocycles. The highest BCUT2D eigenvalue weighted by molar-refractivity contribution is 6.31. The van der Waals surface area contributed by atoms with Gasteiger partial charge in [-0.2, -0.15) is 0 Å². The van der Waals surface area contributed by atoms with Crippen molar-refractivity contribution in [1.29, 1.82) is 0 Å². The SMILES string of the molecule is CC(C)COC[C@@H](O)CN(Cc1cccc(Cl)c1)C[C@@H]1CC(c2ccc(Cl)cc2)=NO1. The zero-order valence-electron chi connectivity index (χ0n) is 18.0. The summed E-state index contributed by atoms with van der Waals surface area (Å²) < 4.78 is 5.62. The summed E-state index contributed by atoms with van der Waals surface area (Å²) in [4.78, 5) is 7.88. The lowest BCUT2D eigenvalue weighted by atomic mass is 10.0.